The third kappa shape index (κ3) is 4.73. The lowest BCUT2D eigenvalue weighted by atomic mass is 9.83. The number of anilines is 1. The minimum absolute atomic E-state index is 0.0310. The van der Waals surface area contributed by atoms with Gasteiger partial charge in [-0.05, 0) is 72.4 Å². The van der Waals surface area contributed by atoms with Gasteiger partial charge in [0.15, 0.2) is 11.5 Å². The topological polar surface area (TPSA) is 93.1 Å². The summed E-state index contributed by atoms with van der Waals surface area (Å²) < 4.78 is 12.7. The molecule has 2 aromatic carbocycles. The predicted molar refractivity (Wildman–Crippen MR) is 147 cm³/mol. The fraction of sp³-hybridized carbons (Fsp3) is 0.367. The summed E-state index contributed by atoms with van der Waals surface area (Å²) in [6.45, 7) is 2.96. The van der Waals surface area contributed by atoms with Gasteiger partial charge < -0.3 is 29.2 Å². The van der Waals surface area contributed by atoms with E-state index in [1.54, 1.807) is 50.6 Å². The number of nitrogens with zero attached hydrogens (tertiary/aromatic N) is 3. The number of likely N-dealkylation sites (tertiary alicyclic amines) is 1. The Bertz CT molecular complexity index is 1480. The Morgan fingerprint density at radius 1 is 0.897 bits per heavy atom. The number of methoxy groups -OCH3 is 2. The molecule has 0 radical (unpaired) electrons. The molecule has 2 bridgehead atoms. The van der Waals surface area contributed by atoms with E-state index in [2.05, 4.69) is 5.32 Å². The lowest BCUT2D eigenvalue weighted by molar-refractivity contribution is 0.0734. The van der Waals surface area contributed by atoms with Gasteiger partial charge >= 0.3 is 6.03 Å². The smallest absolute Gasteiger partial charge is 0.321 e. The van der Waals surface area contributed by atoms with Crippen molar-refractivity contribution in [1.29, 1.82) is 0 Å². The zero-order valence-corrected chi connectivity index (χ0v) is 22.2. The Morgan fingerprint density at radius 3 is 2.38 bits per heavy atom. The lowest BCUT2D eigenvalue weighted by Crippen LogP contribution is -2.50. The normalized spacial score (nSPS) is 19.5. The molecular formula is C30H32N4O5. The number of piperidine rings is 1. The molecule has 0 spiro atoms. The highest BCUT2D eigenvalue weighted by Crippen LogP contribution is 2.36. The zero-order chi connectivity index (χ0) is 27.1. The predicted octanol–water partition coefficient (Wildman–Crippen LogP) is 3.72. The van der Waals surface area contributed by atoms with Crippen molar-refractivity contribution in [2.45, 2.75) is 31.8 Å². The second kappa shape index (κ2) is 10.1. The first-order valence-corrected chi connectivity index (χ1v) is 13.3. The van der Waals surface area contributed by atoms with Crippen LogP contribution in [0.2, 0.25) is 0 Å². The first kappa shape index (κ1) is 25.0. The summed E-state index contributed by atoms with van der Waals surface area (Å²) >= 11 is 0. The highest BCUT2D eigenvalue weighted by Gasteiger charge is 2.36. The van der Waals surface area contributed by atoms with Crippen LogP contribution in [0, 0.1) is 5.92 Å². The van der Waals surface area contributed by atoms with Gasteiger partial charge in [0.05, 0.1) is 14.2 Å². The van der Waals surface area contributed by atoms with Crippen LogP contribution in [0.15, 0.2) is 59.4 Å². The third-order valence-corrected chi connectivity index (χ3v) is 8.16. The molecule has 6 rings (SSSR count). The third-order valence-electron chi connectivity index (χ3n) is 8.16. The maximum atomic E-state index is 13.3. The zero-order valence-electron chi connectivity index (χ0n) is 22.2. The first-order chi connectivity index (χ1) is 18.9. The average Bonchev–Trinajstić information content (AvgIpc) is 2.96. The molecule has 3 amide bonds. The summed E-state index contributed by atoms with van der Waals surface area (Å²) in [7, 11) is 3.23. The summed E-state index contributed by atoms with van der Waals surface area (Å²) in [6, 6.07) is 16.2. The number of fused-ring (bicyclic) bond motifs is 5. The van der Waals surface area contributed by atoms with E-state index in [9.17, 15) is 14.4 Å². The van der Waals surface area contributed by atoms with Gasteiger partial charge in [0.1, 0.15) is 0 Å². The van der Waals surface area contributed by atoms with Crippen LogP contribution in [0.25, 0.3) is 0 Å². The van der Waals surface area contributed by atoms with Crippen molar-refractivity contribution in [1.82, 2.24) is 14.4 Å². The summed E-state index contributed by atoms with van der Waals surface area (Å²) in [6.07, 6.45) is 1.73. The van der Waals surface area contributed by atoms with Gasteiger partial charge in [0.2, 0.25) is 0 Å². The van der Waals surface area contributed by atoms with E-state index in [4.69, 9.17) is 9.47 Å². The van der Waals surface area contributed by atoms with Crippen LogP contribution in [-0.2, 0) is 19.5 Å². The summed E-state index contributed by atoms with van der Waals surface area (Å²) in [4.78, 5) is 42.3. The number of hydrogen-bond acceptors (Lipinski definition) is 5. The van der Waals surface area contributed by atoms with Crippen LogP contribution in [0.3, 0.4) is 0 Å². The van der Waals surface area contributed by atoms with Crippen molar-refractivity contribution in [3.8, 4) is 11.5 Å². The summed E-state index contributed by atoms with van der Waals surface area (Å²) in [5, 5.41) is 2.99. The number of urea groups is 1. The van der Waals surface area contributed by atoms with E-state index in [-0.39, 0.29) is 29.3 Å². The number of aromatic nitrogens is 1. The van der Waals surface area contributed by atoms with Gasteiger partial charge in [0, 0.05) is 61.7 Å². The fourth-order valence-electron chi connectivity index (χ4n) is 6.20. The quantitative estimate of drug-likeness (QED) is 0.557. The number of amides is 3. The SMILES string of the molecule is COc1cc2c(cc1OC)CN(C(=O)c1ccc(NC(=O)N3C[C@H]4C[C@H](C3)c3cccc(=O)n3C4)cc1)CC2. The number of benzene rings is 2. The standard InChI is InChI=1S/C30H32N4O5/c1-38-26-13-21-10-11-32(17-22(21)14-27(26)39-2)29(36)20-6-8-24(9-7-20)31-30(37)33-15-19-12-23(18-33)25-4-3-5-28(35)34(25)16-19/h3-9,13-14,19,23H,10-12,15-18H2,1-2H3,(H,31,37)/t19-,23-/m1/s1. The number of pyridine rings is 1. The van der Waals surface area contributed by atoms with Crippen LogP contribution in [0.4, 0.5) is 10.5 Å². The molecule has 1 N–H and O–H groups in total. The van der Waals surface area contributed by atoms with E-state index in [0.717, 1.165) is 29.7 Å². The maximum absolute atomic E-state index is 13.3. The van der Waals surface area contributed by atoms with Gasteiger partial charge in [-0.2, -0.15) is 0 Å². The van der Waals surface area contributed by atoms with E-state index in [1.165, 1.54) is 0 Å². The van der Waals surface area contributed by atoms with Crippen molar-refractivity contribution in [3.63, 3.8) is 0 Å². The molecule has 3 aromatic rings. The Balaban J connectivity index is 1.10. The minimum Gasteiger partial charge on any atom is -0.493 e. The van der Waals surface area contributed by atoms with E-state index < -0.39 is 0 Å². The van der Waals surface area contributed by atoms with E-state index in [1.807, 2.05) is 32.6 Å². The van der Waals surface area contributed by atoms with Gasteiger partial charge in [-0.1, -0.05) is 6.07 Å². The summed E-state index contributed by atoms with van der Waals surface area (Å²) in [5.74, 6) is 1.72. The lowest BCUT2D eigenvalue weighted by Gasteiger charge is -2.42. The Kier molecular flexibility index (Phi) is 6.50. The highest BCUT2D eigenvalue weighted by atomic mass is 16.5. The van der Waals surface area contributed by atoms with E-state index >= 15 is 0 Å². The minimum atomic E-state index is -0.160. The Labute approximate surface area is 226 Å². The van der Waals surface area contributed by atoms with Crippen LogP contribution in [0.1, 0.15) is 39.5 Å². The molecule has 3 aliphatic heterocycles. The Hall–Kier alpha value is -4.27. The number of ether oxygens (including phenoxy) is 2. The maximum Gasteiger partial charge on any atom is 0.321 e. The van der Waals surface area contributed by atoms with Gasteiger partial charge in [-0.3, -0.25) is 9.59 Å². The second-order valence-corrected chi connectivity index (χ2v) is 10.6. The molecule has 2 atom stereocenters. The molecule has 4 heterocycles. The number of carbonyl (C=O) groups excluding carboxylic acids is 2. The largest absolute Gasteiger partial charge is 0.493 e. The summed E-state index contributed by atoms with van der Waals surface area (Å²) in [5.41, 5.74) is 4.47. The van der Waals surface area contributed by atoms with Crippen molar-refractivity contribution >= 4 is 17.6 Å². The second-order valence-electron chi connectivity index (χ2n) is 10.6. The molecule has 9 nitrogen and oxygen atoms in total. The van der Waals surface area contributed by atoms with Crippen LogP contribution < -0.4 is 20.3 Å². The monoisotopic (exact) mass is 528 g/mol. The number of hydrogen-bond donors (Lipinski definition) is 1. The number of rotatable bonds is 4. The molecule has 202 valence electrons. The molecule has 1 aromatic heterocycles. The number of nitrogens with one attached hydrogen (secondary N) is 1. The van der Waals surface area contributed by atoms with Crippen LogP contribution >= 0.6 is 0 Å². The van der Waals surface area contributed by atoms with Crippen molar-refractivity contribution in [2.75, 3.05) is 39.2 Å². The Morgan fingerprint density at radius 2 is 1.64 bits per heavy atom. The molecule has 9 heteroatoms. The fourth-order valence-corrected chi connectivity index (χ4v) is 6.20. The van der Waals surface area contributed by atoms with Gasteiger partial charge in [0.25, 0.3) is 11.5 Å². The molecule has 3 aliphatic rings. The molecule has 39 heavy (non-hydrogen) atoms. The van der Waals surface area contributed by atoms with E-state index in [0.29, 0.717) is 55.5 Å². The molecule has 0 unspecified atom stereocenters. The molecular weight excluding hydrogens is 496 g/mol. The molecule has 0 saturated carbocycles. The molecule has 0 aliphatic carbocycles. The first-order valence-electron chi connectivity index (χ1n) is 13.3. The van der Waals surface area contributed by atoms with Gasteiger partial charge in [-0.15, -0.1) is 0 Å². The van der Waals surface area contributed by atoms with Crippen LogP contribution in [-0.4, -0.2) is 60.2 Å². The number of carbonyl (C=O) groups is 2. The average molecular weight is 529 g/mol. The highest BCUT2D eigenvalue weighted by molar-refractivity contribution is 5.95. The van der Waals surface area contributed by atoms with Crippen molar-refractivity contribution in [2.24, 2.45) is 5.92 Å². The molecule has 1 fully saturated rings. The molecule has 1 saturated heterocycles. The van der Waals surface area contributed by atoms with Gasteiger partial charge in [-0.25, -0.2) is 4.79 Å². The van der Waals surface area contributed by atoms with Crippen molar-refractivity contribution in [3.05, 3.63) is 87.3 Å². The van der Waals surface area contributed by atoms with Crippen LogP contribution in [0.5, 0.6) is 11.5 Å². The van der Waals surface area contributed by atoms with Crippen molar-refractivity contribution < 1.29 is 19.1 Å².